The maximum Gasteiger partial charge on any atom is 0.258 e. The second-order valence-electron chi connectivity index (χ2n) is 4.33. The molecule has 0 spiro atoms. The molecular weight excluding hydrogens is 270 g/mol. The predicted molar refractivity (Wildman–Crippen MR) is 75.4 cm³/mol. The van der Waals surface area contributed by atoms with Crippen molar-refractivity contribution in [3.05, 3.63) is 54.6 Å². The van der Waals surface area contributed by atoms with Crippen LogP contribution in [-0.2, 0) is 9.59 Å². The van der Waals surface area contributed by atoms with E-state index >= 15 is 0 Å². The fourth-order valence-electron chi connectivity index (χ4n) is 1.74. The SMILES string of the molecule is O=C([O-])CNC(=O)COc1ccc(-c2ccccc2)cc1. The summed E-state index contributed by atoms with van der Waals surface area (Å²) in [4.78, 5) is 21.5. The van der Waals surface area contributed by atoms with Gasteiger partial charge in [-0.05, 0) is 23.3 Å². The Morgan fingerprint density at radius 2 is 1.57 bits per heavy atom. The van der Waals surface area contributed by atoms with Crippen molar-refractivity contribution in [2.75, 3.05) is 13.2 Å². The highest BCUT2D eigenvalue weighted by Crippen LogP contribution is 2.21. The van der Waals surface area contributed by atoms with Gasteiger partial charge in [0.15, 0.2) is 6.61 Å². The van der Waals surface area contributed by atoms with Crippen molar-refractivity contribution in [2.45, 2.75) is 0 Å². The average Bonchev–Trinajstić information content (AvgIpc) is 2.52. The summed E-state index contributed by atoms with van der Waals surface area (Å²) in [6.45, 7) is -0.757. The summed E-state index contributed by atoms with van der Waals surface area (Å²) in [5.74, 6) is -1.31. The van der Waals surface area contributed by atoms with Gasteiger partial charge in [-0.25, -0.2) is 0 Å². The lowest BCUT2D eigenvalue weighted by atomic mass is 10.1. The number of carboxylic acids is 1. The Kier molecular flexibility index (Phi) is 4.93. The van der Waals surface area contributed by atoms with Crippen LogP contribution in [0.1, 0.15) is 0 Å². The lowest BCUT2D eigenvalue weighted by Crippen LogP contribution is -2.39. The summed E-state index contributed by atoms with van der Waals surface area (Å²) in [6, 6.07) is 17.2. The van der Waals surface area contributed by atoms with Crippen molar-refractivity contribution in [3.8, 4) is 16.9 Å². The number of carbonyl (C=O) groups excluding carboxylic acids is 2. The van der Waals surface area contributed by atoms with Gasteiger partial charge in [0.25, 0.3) is 5.91 Å². The monoisotopic (exact) mass is 284 g/mol. The van der Waals surface area contributed by atoms with Crippen LogP contribution in [0.4, 0.5) is 0 Å². The molecule has 0 aromatic heterocycles. The van der Waals surface area contributed by atoms with E-state index in [-0.39, 0.29) is 6.61 Å². The van der Waals surface area contributed by atoms with Crippen molar-refractivity contribution in [2.24, 2.45) is 0 Å². The molecule has 21 heavy (non-hydrogen) atoms. The lowest BCUT2D eigenvalue weighted by molar-refractivity contribution is -0.304. The van der Waals surface area contributed by atoms with E-state index in [1.54, 1.807) is 12.1 Å². The Labute approximate surface area is 122 Å². The number of hydrogen-bond acceptors (Lipinski definition) is 4. The number of nitrogens with one attached hydrogen (secondary N) is 1. The van der Waals surface area contributed by atoms with Crippen LogP contribution in [-0.4, -0.2) is 25.0 Å². The molecule has 2 rings (SSSR count). The zero-order valence-electron chi connectivity index (χ0n) is 11.2. The topological polar surface area (TPSA) is 78.5 Å². The molecule has 5 nitrogen and oxygen atoms in total. The summed E-state index contributed by atoms with van der Waals surface area (Å²) in [5, 5.41) is 12.3. The number of benzene rings is 2. The number of amides is 1. The van der Waals surface area contributed by atoms with E-state index in [1.165, 1.54) is 0 Å². The van der Waals surface area contributed by atoms with Gasteiger partial charge in [0.1, 0.15) is 5.75 Å². The fourth-order valence-corrected chi connectivity index (χ4v) is 1.74. The molecular formula is C16H14NO4-. The first-order valence-electron chi connectivity index (χ1n) is 6.40. The largest absolute Gasteiger partial charge is 0.548 e. The maximum atomic E-state index is 11.3. The molecule has 0 heterocycles. The molecule has 1 amide bonds. The average molecular weight is 284 g/mol. The molecule has 0 aliphatic rings. The molecule has 0 aliphatic carbocycles. The van der Waals surface area contributed by atoms with Crippen LogP contribution in [0, 0.1) is 0 Å². The third-order valence-electron chi connectivity index (χ3n) is 2.76. The molecule has 0 saturated carbocycles. The summed E-state index contributed by atoms with van der Waals surface area (Å²) in [6.07, 6.45) is 0. The molecule has 0 radical (unpaired) electrons. The quantitative estimate of drug-likeness (QED) is 0.842. The van der Waals surface area contributed by atoms with Gasteiger partial charge >= 0.3 is 0 Å². The molecule has 0 unspecified atom stereocenters. The van der Waals surface area contributed by atoms with Crippen LogP contribution in [0.2, 0.25) is 0 Å². The van der Waals surface area contributed by atoms with E-state index in [9.17, 15) is 14.7 Å². The van der Waals surface area contributed by atoms with Crippen LogP contribution in [0.15, 0.2) is 54.6 Å². The highest BCUT2D eigenvalue weighted by Gasteiger charge is 2.03. The first kappa shape index (κ1) is 14.6. The minimum atomic E-state index is -1.34. The van der Waals surface area contributed by atoms with E-state index in [2.05, 4.69) is 5.32 Å². The Morgan fingerprint density at radius 3 is 2.19 bits per heavy atom. The number of rotatable bonds is 6. The lowest BCUT2D eigenvalue weighted by Gasteiger charge is -2.08. The second-order valence-corrected chi connectivity index (χ2v) is 4.33. The summed E-state index contributed by atoms with van der Waals surface area (Å²) in [7, 11) is 0. The van der Waals surface area contributed by atoms with Crippen molar-refractivity contribution in [3.63, 3.8) is 0 Å². The number of carboxylic acid groups (broad SMARTS) is 1. The Hall–Kier alpha value is -2.82. The molecule has 0 fully saturated rings. The molecule has 108 valence electrons. The Morgan fingerprint density at radius 1 is 0.952 bits per heavy atom. The highest BCUT2D eigenvalue weighted by molar-refractivity contribution is 5.81. The van der Waals surface area contributed by atoms with Gasteiger partial charge < -0.3 is 20.0 Å². The van der Waals surface area contributed by atoms with E-state index in [0.29, 0.717) is 5.75 Å². The first-order chi connectivity index (χ1) is 10.1. The number of ether oxygens (including phenoxy) is 1. The molecule has 5 heteroatoms. The van der Waals surface area contributed by atoms with Gasteiger partial charge in [-0.1, -0.05) is 42.5 Å². The minimum Gasteiger partial charge on any atom is -0.548 e. The van der Waals surface area contributed by atoms with E-state index in [4.69, 9.17) is 4.74 Å². The zero-order chi connectivity index (χ0) is 15.1. The Balaban J connectivity index is 1.88. The summed E-state index contributed by atoms with van der Waals surface area (Å²) < 4.78 is 5.27. The van der Waals surface area contributed by atoms with Gasteiger partial charge in [-0.2, -0.15) is 0 Å². The molecule has 0 saturated heterocycles. The normalized spacial score (nSPS) is 9.90. The van der Waals surface area contributed by atoms with Gasteiger partial charge in [-0.3, -0.25) is 4.79 Å². The predicted octanol–water partition coefficient (Wildman–Crippen LogP) is 0.599. The standard InChI is InChI=1S/C16H15NO4/c18-15(17-10-16(19)20)11-21-14-8-6-13(7-9-14)12-4-2-1-3-5-12/h1-9H,10-11H2,(H,17,18)(H,19,20)/p-1. The van der Waals surface area contributed by atoms with E-state index < -0.39 is 18.4 Å². The van der Waals surface area contributed by atoms with Crippen LogP contribution in [0.3, 0.4) is 0 Å². The Bertz CT molecular complexity index is 608. The fraction of sp³-hybridized carbons (Fsp3) is 0.125. The minimum absolute atomic E-state index is 0.238. The molecule has 0 aliphatic heterocycles. The van der Waals surface area contributed by atoms with Crippen molar-refractivity contribution in [1.82, 2.24) is 5.32 Å². The highest BCUT2D eigenvalue weighted by atomic mass is 16.5. The van der Waals surface area contributed by atoms with Crippen molar-refractivity contribution < 1.29 is 19.4 Å². The molecule has 0 atom stereocenters. The first-order valence-corrected chi connectivity index (χ1v) is 6.40. The van der Waals surface area contributed by atoms with Gasteiger partial charge in [0, 0.05) is 0 Å². The molecule has 2 aromatic carbocycles. The van der Waals surface area contributed by atoms with Crippen LogP contribution in [0.25, 0.3) is 11.1 Å². The van der Waals surface area contributed by atoms with Gasteiger partial charge in [0.2, 0.25) is 0 Å². The summed E-state index contributed by atoms with van der Waals surface area (Å²) >= 11 is 0. The number of aliphatic carboxylic acids is 1. The van der Waals surface area contributed by atoms with Gasteiger partial charge in [0.05, 0.1) is 12.5 Å². The smallest absolute Gasteiger partial charge is 0.258 e. The van der Waals surface area contributed by atoms with E-state index in [0.717, 1.165) is 11.1 Å². The zero-order valence-corrected chi connectivity index (χ0v) is 11.2. The number of hydrogen-bond donors (Lipinski definition) is 1. The van der Waals surface area contributed by atoms with Crippen LogP contribution >= 0.6 is 0 Å². The summed E-state index contributed by atoms with van der Waals surface area (Å²) in [5.41, 5.74) is 2.14. The van der Waals surface area contributed by atoms with Crippen LogP contribution in [0.5, 0.6) is 5.75 Å². The molecule has 1 N–H and O–H groups in total. The third-order valence-corrected chi connectivity index (χ3v) is 2.76. The second kappa shape index (κ2) is 7.09. The molecule has 2 aromatic rings. The third kappa shape index (κ3) is 4.65. The molecule has 0 bridgehead atoms. The van der Waals surface area contributed by atoms with E-state index in [1.807, 2.05) is 42.5 Å². The van der Waals surface area contributed by atoms with Crippen molar-refractivity contribution >= 4 is 11.9 Å². The maximum absolute atomic E-state index is 11.3. The van der Waals surface area contributed by atoms with Crippen LogP contribution < -0.4 is 15.2 Å². The van der Waals surface area contributed by atoms with Crippen molar-refractivity contribution in [1.29, 1.82) is 0 Å². The van der Waals surface area contributed by atoms with Gasteiger partial charge in [-0.15, -0.1) is 0 Å². The number of carbonyl (C=O) groups is 2.